The molecule has 0 saturated carbocycles. The highest BCUT2D eigenvalue weighted by Gasteiger charge is 2.21. The Morgan fingerprint density at radius 2 is 1.97 bits per heavy atom. The highest BCUT2D eigenvalue weighted by molar-refractivity contribution is 6.03. The third-order valence-electron chi connectivity index (χ3n) is 5.47. The summed E-state index contributed by atoms with van der Waals surface area (Å²) >= 11 is 0. The first-order chi connectivity index (χ1) is 18.3. The zero-order chi connectivity index (χ0) is 27.2. The van der Waals surface area contributed by atoms with Crippen molar-refractivity contribution in [3.05, 3.63) is 84.1 Å². The van der Waals surface area contributed by atoms with Crippen LogP contribution in [0.15, 0.2) is 71.3 Å². The largest absolute Gasteiger partial charge is 0.507 e. The molecule has 2 aromatic heterocycles. The molecule has 4 aromatic rings. The van der Waals surface area contributed by atoms with Gasteiger partial charge in [0.05, 0.1) is 18.6 Å². The van der Waals surface area contributed by atoms with Gasteiger partial charge in [0.25, 0.3) is 5.91 Å². The number of nitriles is 1. The SMILES string of the molecule is COC[C@H](N)C(=O)Nc1cccc(-c2cc(-c3ccc(F)cc3O)nc(NC(=O)c3ccco3)c2C#N)c1. The third-order valence-corrected chi connectivity index (χ3v) is 5.47. The van der Waals surface area contributed by atoms with E-state index in [0.29, 0.717) is 16.8 Å². The minimum atomic E-state index is -0.893. The van der Waals surface area contributed by atoms with Crippen LogP contribution in [0.1, 0.15) is 16.1 Å². The summed E-state index contributed by atoms with van der Waals surface area (Å²) in [4.78, 5) is 29.5. The summed E-state index contributed by atoms with van der Waals surface area (Å²) in [6.07, 6.45) is 1.32. The van der Waals surface area contributed by atoms with Crippen LogP contribution in [-0.4, -0.2) is 41.7 Å². The predicted octanol–water partition coefficient (Wildman–Crippen LogP) is 3.89. The predicted molar refractivity (Wildman–Crippen MR) is 137 cm³/mol. The molecule has 11 heteroatoms. The highest BCUT2D eigenvalue weighted by Crippen LogP contribution is 2.36. The molecule has 4 rings (SSSR count). The number of hydrogen-bond donors (Lipinski definition) is 4. The number of amides is 2. The van der Waals surface area contributed by atoms with Crippen LogP contribution in [0.3, 0.4) is 0 Å². The van der Waals surface area contributed by atoms with E-state index in [0.717, 1.165) is 12.1 Å². The number of furan rings is 1. The average molecular weight is 516 g/mol. The van der Waals surface area contributed by atoms with Crippen molar-refractivity contribution in [1.29, 1.82) is 5.26 Å². The Balaban J connectivity index is 1.83. The second-order valence-electron chi connectivity index (χ2n) is 8.12. The van der Waals surface area contributed by atoms with E-state index in [1.807, 2.05) is 0 Å². The van der Waals surface area contributed by atoms with E-state index in [1.165, 1.54) is 37.6 Å². The van der Waals surface area contributed by atoms with Gasteiger partial charge in [0.2, 0.25) is 5.91 Å². The molecule has 10 nitrogen and oxygen atoms in total. The van der Waals surface area contributed by atoms with Gasteiger partial charge in [-0.05, 0) is 48.0 Å². The minimum Gasteiger partial charge on any atom is -0.507 e. The average Bonchev–Trinajstić information content (AvgIpc) is 3.44. The fraction of sp³-hybridized carbons (Fsp3) is 0.111. The zero-order valence-corrected chi connectivity index (χ0v) is 20.1. The molecule has 0 aliphatic heterocycles. The molecule has 0 spiro atoms. The van der Waals surface area contributed by atoms with E-state index in [2.05, 4.69) is 21.7 Å². The first kappa shape index (κ1) is 26.0. The van der Waals surface area contributed by atoms with Crippen molar-refractivity contribution >= 4 is 23.3 Å². The van der Waals surface area contributed by atoms with E-state index in [4.69, 9.17) is 14.9 Å². The number of hydrogen-bond acceptors (Lipinski definition) is 8. The molecular formula is C27H22FN5O5. The molecule has 0 radical (unpaired) electrons. The second-order valence-corrected chi connectivity index (χ2v) is 8.12. The number of aromatic nitrogens is 1. The van der Waals surface area contributed by atoms with Gasteiger partial charge >= 0.3 is 0 Å². The van der Waals surface area contributed by atoms with Crippen LogP contribution in [-0.2, 0) is 9.53 Å². The smallest absolute Gasteiger partial charge is 0.292 e. The van der Waals surface area contributed by atoms with Crippen molar-refractivity contribution in [1.82, 2.24) is 4.98 Å². The van der Waals surface area contributed by atoms with E-state index in [-0.39, 0.29) is 40.8 Å². The molecule has 2 amide bonds. The summed E-state index contributed by atoms with van der Waals surface area (Å²) in [5.74, 6) is -2.28. The molecule has 0 unspecified atom stereocenters. The molecule has 0 aliphatic rings. The Morgan fingerprint density at radius 1 is 1.16 bits per heavy atom. The number of ether oxygens (including phenoxy) is 1. The van der Waals surface area contributed by atoms with Crippen LogP contribution < -0.4 is 16.4 Å². The van der Waals surface area contributed by atoms with Crippen molar-refractivity contribution in [2.75, 3.05) is 24.4 Å². The third kappa shape index (κ3) is 5.67. The van der Waals surface area contributed by atoms with Gasteiger partial charge in [0, 0.05) is 30.0 Å². The standard InChI is InChI=1S/C27H22FN5O5/c1-37-14-21(30)26(35)31-17-5-2-4-15(10-17)19-12-22(18-8-7-16(28)11-23(18)34)32-25(20(19)13-29)33-27(36)24-6-3-9-38-24/h2-12,21,34H,14,30H2,1H3,(H,31,35)(H,32,33,36)/t21-/m0/s1. The molecule has 5 N–H and O–H groups in total. The summed E-state index contributed by atoms with van der Waals surface area (Å²) < 4.78 is 23.7. The number of halogens is 1. The van der Waals surface area contributed by atoms with Crippen LogP contribution in [0, 0.1) is 17.1 Å². The van der Waals surface area contributed by atoms with E-state index < -0.39 is 23.7 Å². The van der Waals surface area contributed by atoms with Gasteiger partial charge < -0.3 is 30.6 Å². The molecule has 38 heavy (non-hydrogen) atoms. The Morgan fingerprint density at radius 3 is 2.66 bits per heavy atom. The number of nitrogens with zero attached hydrogens (tertiary/aromatic N) is 2. The van der Waals surface area contributed by atoms with Crippen molar-refractivity contribution in [3.8, 4) is 34.2 Å². The molecule has 0 bridgehead atoms. The van der Waals surface area contributed by atoms with E-state index in [1.54, 1.807) is 24.3 Å². The number of benzene rings is 2. The van der Waals surface area contributed by atoms with Gasteiger partial charge in [-0.3, -0.25) is 9.59 Å². The molecule has 192 valence electrons. The summed E-state index contributed by atoms with van der Waals surface area (Å²) in [7, 11) is 1.43. The molecule has 2 heterocycles. The van der Waals surface area contributed by atoms with Crippen molar-refractivity contribution in [3.63, 3.8) is 0 Å². The Bertz CT molecular complexity index is 1530. The normalized spacial score (nSPS) is 11.4. The van der Waals surface area contributed by atoms with Gasteiger partial charge in [-0.15, -0.1) is 0 Å². The lowest BCUT2D eigenvalue weighted by atomic mass is 9.97. The van der Waals surface area contributed by atoms with Gasteiger partial charge in [0.15, 0.2) is 11.6 Å². The number of phenols is 1. The van der Waals surface area contributed by atoms with Gasteiger partial charge in [-0.1, -0.05) is 12.1 Å². The molecular weight excluding hydrogens is 493 g/mol. The number of anilines is 2. The summed E-state index contributed by atoms with van der Waals surface area (Å²) in [6.45, 7) is 0.0255. The van der Waals surface area contributed by atoms with Crippen LogP contribution in [0.5, 0.6) is 5.75 Å². The number of carbonyl (C=O) groups is 2. The summed E-state index contributed by atoms with van der Waals surface area (Å²) in [5.41, 5.74) is 7.34. The van der Waals surface area contributed by atoms with Crippen LogP contribution in [0.2, 0.25) is 0 Å². The fourth-order valence-corrected chi connectivity index (χ4v) is 3.67. The molecule has 2 aromatic carbocycles. The lowest BCUT2D eigenvalue weighted by molar-refractivity contribution is -0.118. The molecule has 0 saturated heterocycles. The number of rotatable bonds is 8. The maximum absolute atomic E-state index is 13.6. The number of methoxy groups -OCH3 is 1. The monoisotopic (exact) mass is 515 g/mol. The number of nitrogens with one attached hydrogen (secondary N) is 2. The van der Waals surface area contributed by atoms with E-state index >= 15 is 0 Å². The van der Waals surface area contributed by atoms with Crippen LogP contribution in [0.25, 0.3) is 22.4 Å². The quantitative estimate of drug-likeness (QED) is 0.275. The lowest BCUT2D eigenvalue weighted by Gasteiger charge is -2.15. The van der Waals surface area contributed by atoms with Gasteiger partial charge in [0.1, 0.15) is 29.2 Å². The highest BCUT2D eigenvalue weighted by atomic mass is 19.1. The Labute approximate surface area is 216 Å². The summed E-state index contributed by atoms with van der Waals surface area (Å²) in [5, 5.41) is 25.7. The van der Waals surface area contributed by atoms with Gasteiger partial charge in [-0.2, -0.15) is 5.26 Å². The Hall–Kier alpha value is -5.05. The number of phenolic OH excluding ortho intramolecular Hbond substituents is 1. The lowest BCUT2D eigenvalue weighted by Crippen LogP contribution is -2.39. The molecule has 0 fully saturated rings. The second kappa shape index (κ2) is 11.3. The van der Waals surface area contributed by atoms with Gasteiger partial charge in [-0.25, -0.2) is 9.37 Å². The Kier molecular flexibility index (Phi) is 7.77. The first-order valence-electron chi connectivity index (χ1n) is 11.3. The molecule has 1 atom stereocenters. The maximum Gasteiger partial charge on any atom is 0.292 e. The summed E-state index contributed by atoms with van der Waals surface area (Å²) in [6, 6.07) is 15.7. The minimum absolute atomic E-state index is 0.00909. The topological polar surface area (TPSA) is 163 Å². The number of carbonyl (C=O) groups excluding carboxylic acids is 2. The first-order valence-corrected chi connectivity index (χ1v) is 11.3. The molecule has 0 aliphatic carbocycles. The van der Waals surface area contributed by atoms with E-state index in [9.17, 15) is 24.3 Å². The van der Waals surface area contributed by atoms with Crippen molar-refractivity contribution < 1.29 is 28.2 Å². The van der Waals surface area contributed by atoms with Crippen molar-refractivity contribution in [2.45, 2.75) is 6.04 Å². The number of aromatic hydroxyl groups is 1. The van der Waals surface area contributed by atoms with Crippen LogP contribution in [0.4, 0.5) is 15.9 Å². The number of pyridine rings is 1. The zero-order valence-electron chi connectivity index (χ0n) is 20.1. The van der Waals surface area contributed by atoms with Crippen LogP contribution >= 0.6 is 0 Å². The number of nitrogens with two attached hydrogens (primary N) is 1. The van der Waals surface area contributed by atoms with Crippen molar-refractivity contribution in [2.24, 2.45) is 5.73 Å². The maximum atomic E-state index is 13.6. The fourth-order valence-electron chi connectivity index (χ4n) is 3.67.